The van der Waals surface area contributed by atoms with Crippen molar-refractivity contribution in [3.8, 4) is 0 Å². The first kappa shape index (κ1) is 27.5. The molecule has 0 saturated carbocycles. The van der Waals surface area contributed by atoms with Crippen LogP contribution in [-0.2, 0) is 15.3 Å². The number of nitrogens with two attached hydrogens (primary N) is 1. The maximum absolute atomic E-state index is 13.6. The molecule has 188 valence electrons. The van der Waals surface area contributed by atoms with Crippen molar-refractivity contribution >= 4 is 11.6 Å². The highest BCUT2D eigenvalue weighted by molar-refractivity contribution is 5.85. The van der Waals surface area contributed by atoms with Crippen molar-refractivity contribution in [1.82, 2.24) is 9.55 Å². The number of nitrogen functional groups attached to an aromatic ring is 1. The molecule has 2 unspecified atom stereocenters. The average molecular weight is 466 g/mol. The van der Waals surface area contributed by atoms with Crippen LogP contribution in [0.2, 0.25) is 0 Å². The van der Waals surface area contributed by atoms with Crippen LogP contribution >= 0.6 is 0 Å². The SMILES string of the molecule is CCCCCCC(CCC(=O)[C@]1(n2ccc(N)nc2=O)C[C@H](O)[C@@H](CO)O1)C(C)CCCC. The van der Waals surface area contributed by atoms with Crippen LogP contribution in [0.4, 0.5) is 5.82 Å². The first-order valence-electron chi connectivity index (χ1n) is 12.6. The molecule has 0 bridgehead atoms. The highest BCUT2D eigenvalue weighted by Crippen LogP contribution is 2.38. The zero-order valence-electron chi connectivity index (χ0n) is 20.5. The number of hydrogen-bond acceptors (Lipinski definition) is 7. The Labute approximate surface area is 197 Å². The summed E-state index contributed by atoms with van der Waals surface area (Å²) in [7, 11) is 0. The summed E-state index contributed by atoms with van der Waals surface area (Å²) in [6, 6.07) is 1.43. The van der Waals surface area contributed by atoms with Gasteiger partial charge in [-0.05, 0) is 24.3 Å². The highest BCUT2D eigenvalue weighted by atomic mass is 16.6. The zero-order valence-corrected chi connectivity index (χ0v) is 20.5. The van der Waals surface area contributed by atoms with E-state index in [1.807, 2.05) is 0 Å². The molecule has 0 aromatic carbocycles. The molecule has 0 spiro atoms. The maximum Gasteiger partial charge on any atom is 0.352 e. The number of nitrogens with zero attached hydrogens (tertiary/aromatic N) is 2. The van der Waals surface area contributed by atoms with E-state index in [-0.39, 0.29) is 24.4 Å². The van der Waals surface area contributed by atoms with E-state index in [0.717, 1.165) is 30.3 Å². The van der Waals surface area contributed by atoms with Gasteiger partial charge in [0.2, 0.25) is 5.72 Å². The molecule has 2 rings (SSSR count). The van der Waals surface area contributed by atoms with Gasteiger partial charge in [0.25, 0.3) is 0 Å². The third-order valence-corrected chi connectivity index (χ3v) is 7.08. The first-order valence-corrected chi connectivity index (χ1v) is 12.6. The van der Waals surface area contributed by atoms with Gasteiger partial charge in [0.15, 0.2) is 5.78 Å². The monoisotopic (exact) mass is 465 g/mol. The van der Waals surface area contributed by atoms with E-state index in [9.17, 15) is 19.8 Å². The van der Waals surface area contributed by atoms with Gasteiger partial charge in [-0.1, -0.05) is 72.1 Å². The van der Waals surface area contributed by atoms with Gasteiger partial charge < -0.3 is 20.7 Å². The summed E-state index contributed by atoms with van der Waals surface area (Å²) in [6.45, 7) is 6.21. The number of aromatic nitrogens is 2. The topological polar surface area (TPSA) is 128 Å². The van der Waals surface area contributed by atoms with Gasteiger partial charge in [0.1, 0.15) is 11.9 Å². The summed E-state index contributed by atoms with van der Waals surface area (Å²) in [5.74, 6) is 0.701. The molecule has 1 aliphatic heterocycles. The Bertz CT molecular complexity index is 798. The van der Waals surface area contributed by atoms with E-state index in [1.165, 1.54) is 37.9 Å². The van der Waals surface area contributed by atoms with Gasteiger partial charge in [-0.3, -0.25) is 9.36 Å². The fraction of sp³-hybridized carbons (Fsp3) is 0.800. The molecule has 4 N–H and O–H groups in total. The van der Waals surface area contributed by atoms with E-state index < -0.39 is 30.2 Å². The quantitative estimate of drug-likeness (QED) is 0.339. The van der Waals surface area contributed by atoms with Crippen LogP contribution in [0.25, 0.3) is 0 Å². The Morgan fingerprint density at radius 2 is 1.97 bits per heavy atom. The molecule has 2 heterocycles. The summed E-state index contributed by atoms with van der Waals surface area (Å²) >= 11 is 0. The van der Waals surface area contributed by atoms with Gasteiger partial charge in [0.05, 0.1) is 12.7 Å². The average Bonchev–Trinajstić information content (AvgIpc) is 3.13. The van der Waals surface area contributed by atoms with Crippen LogP contribution in [-0.4, -0.2) is 44.4 Å². The second kappa shape index (κ2) is 13.2. The Morgan fingerprint density at radius 3 is 2.58 bits per heavy atom. The van der Waals surface area contributed by atoms with Crippen LogP contribution in [0.5, 0.6) is 0 Å². The lowest BCUT2D eigenvalue weighted by atomic mass is 9.81. The molecular formula is C25H43N3O5. The number of carbonyl (C=O) groups excluding carboxylic acids is 1. The molecule has 33 heavy (non-hydrogen) atoms. The summed E-state index contributed by atoms with van der Waals surface area (Å²) < 4.78 is 7.01. The predicted molar refractivity (Wildman–Crippen MR) is 129 cm³/mol. The van der Waals surface area contributed by atoms with Crippen LogP contribution in [0, 0.1) is 11.8 Å². The summed E-state index contributed by atoms with van der Waals surface area (Å²) in [5.41, 5.74) is 3.24. The van der Waals surface area contributed by atoms with Crippen LogP contribution in [0.1, 0.15) is 91.4 Å². The Hall–Kier alpha value is -1.77. The number of Topliss-reactive ketones (excluding diaryl/α,β-unsaturated/α-hetero) is 1. The largest absolute Gasteiger partial charge is 0.394 e. The van der Waals surface area contributed by atoms with Gasteiger partial charge in [-0.2, -0.15) is 4.98 Å². The number of aliphatic hydroxyl groups excluding tert-OH is 2. The molecule has 8 heteroatoms. The lowest BCUT2D eigenvalue weighted by Crippen LogP contribution is -2.48. The lowest BCUT2D eigenvalue weighted by molar-refractivity contribution is -0.162. The van der Waals surface area contributed by atoms with Crippen LogP contribution < -0.4 is 11.4 Å². The Balaban J connectivity index is 2.21. The molecule has 0 amide bonds. The second-order valence-corrected chi connectivity index (χ2v) is 9.59. The van der Waals surface area contributed by atoms with E-state index in [0.29, 0.717) is 18.3 Å². The Kier molecular flexibility index (Phi) is 11.0. The van der Waals surface area contributed by atoms with E-state index >= 15 is 0 Å². The molecule has 0 radical (unpaired) electrons. The number of unbranched alkanes of at least 4 members (excludes halogenated alkanes) is 4. The molecule has 5 atom stereocenters. The van der Waals surface area contributed by atoms with Gasteiger partial charge in [0, 0.05) is 19.0 Å². The minimum absolute atomic E-state index is 0.0491. The van der Waals surface area contributed by atoms with Crippen molar-refractivity contribution in [2.24, 2.45) is 11.8 Å². The minimum atomic E-state index is -1.68. The molecular weight excluding hydrogens is 422 g/mol. The minimum Gasteiger partial charge on any atom is -0.394 e. The first-order chi connectivity index (χ1) is 15.8. The third kappa shape index (κ3) is 7.11. The van der Waals surface area contributed by atoms with Crippen molar-refractivity contribution in [3.05, 3.63) is 22.7 Å². The molecule has 1 aromatic heterocycles. The van der Waals surface area contributed by atoms with Crippen molar-refractivity contribution in [2.75, 3.05) is 12.3 Å². The standard InChI is InChI=1S/C25H43N3O5/c1-4-6-8-9-11-19(18(3)10-7-5-2)12-13-22(31)25(16-20(30)21(17-29)33-25)28-15-14-23(26)27-24(28)32/h14-15,18-21,29-30H,4-13,16-17H2,1-3H3,(H2,26,27,32)/t18?,19?,20-,21+,25-/m0/s1. The zero-order chi connectivity index (χ0) is 24.4. The molecule has 8 nitrogen and oxygen atoms in total. The van der Waals surface area contributed by atoms with Crippen molar-refractivity contribution < 1.29 is 19.7 Å². The Morgan fingerprint density at radius 1 is 1.24 bits per heavy atom. The van der Waals surface area contributed by atoms with Gasteiger partial charge in [-0.15, -0.1) is 0 Å². The smallest absolute Gasteiger partial charge is 0.352 e. The van der Waals surface area contributed by atoms with Crippen LogP contribution in [0.15, 0.2) is 17.1 Å². The highest BCUT2D eigenvalue weighted by Gasteiger charge is 2.52. The van der Waals surface area contributed by atoms with Crippen molar-refractivity contribution in [2.45, 2.75) is 109 Å². The van der Waals surface area contributed by atoms with E-state index in [2.05, 4.69) is 25.8 Å². The predicted octanol–water partition coefficient (Wildman–Crippen LogP) is 3.38. The van der Waals surface area contributed by atoms with E-state index in [1.54, 1.807) is 0 Å². The number of ether oxygens (including phenoxy) is 1. The third-order valence-electron chi connectivity index (χ3n) is 7.08. The number of aliphatic hydroxyl groups is 2. The van der Waals surface area contributed by atoms with Crippen molar-refractivity contribution in [1.29, 1.82) is 0 Å². The van der Waals surface area contributed by atoms with Crippen LogP contribution in [0.3, 0.4) is 0 Å². The van der Waals surface area contributed by atoms with Gasteiger partial charge >= 0.3 is 5.69 Å². The fourth-order valence-corrected chi connectivity index (χ4v) is 4.93. The number of ketones is 1. The lowest BCUT2D eigenvalue weighted by Gasteiger charge is -2.31. The molecule has 0 aliphatic carbocycles. The fourth-order valence-electron chi connectivity index (χ4n) is 4.93. The van der Waals surface area contributed by atoms with E-state index in [4.69, 9.17) is 10.5 Å². The molecule has 1 aliphatic rings. The number of hydrogen-bond donors (Lipinski definition) is 3. The number of carbonyl (C=O) groups is 1. The second-order valence-electron chi connectivity index (χ2n) is 9.59. The summed E-state index contributed by atoms with van der Waals surface area (Å²) in [4.78, 5) is 29.9. The molecule has 1 aromatic rings. The number of anilines is 1. The molecule has 1 fully saturated rings. The maximum atomic E-state index is 13.6. The molecule has 1 saturated heterocycles. The van der Waals surface area contributed by atoms with Gasteiger partial charge in [-0.25, -0.2) is 4.79 Å². The number of rotatable bonds is 15. The normalized spacial score (nSPS) is 24.6. The summed E-state index contributed by atoms with van der Waals surface area (Å²) in [5, 5.41) is 20.0. The summed E-state index contributed by atoms with van der Waals surface area (Å²) in [6.07, 6.45) is 9.53. The van der Waals surface area contributed by atoms with Crippen molar-refractivity contribution in [3.63, 3.8) is 0 Å².